The molecule has 2 atom stereocenters. The number of carbonyl (C=O) groups is 2. The molecule has 1 aliphatic rings. The predicted molar refractivity (Wildman–Crippen MR) is 139 cm³/mol. The van der Waals surface area contributed by atoms with E-state index in [2.05, 4.69) is 11.9 Å². The number of amides is 2. The summed E-state index contributed by atoms with van der Waals surface area (Å²) in [6.07, 6.45) is -5.55. The number of ketones is 1. The van der Waals surface area contributed by atoms with Crippen LogP contribution in [-0.4, -0.2) is 40.3 Å². The highest BCUT2D eigenvalue weighted by Gasteiger charge is 2.51. The molecule has 3 aromatic rings. The van der Waals surface area contributed by atoms with Crippen molar-refractivity contribution in [2.75, 3.05) is 6.54 Å². The van der Waals surface area contributed by atoms with Gasteiger partial charge in [0.15, 0.2) is 17.3 Å². The van der Waals surface area contributed by atoms with Gasteiger partial charge in [-0.2, -0.15) is 13.2 Å². The lowest BCUT2D eigenvalue weighted by atomic mass is 9.77. The maximum atomic E-state index is 14.8. The van der Waals surface area contributed by atoms with E-state index >= 15 is 0 Å². The number of allylic oxidation sites excluding steroid dienone is 1. The number of rotatable bonds is 8. The number of hydrogen-bond acceptors (Lipinski definition) is 3. The first kappa shape index (κ1) is 30.6. The topological polar surface area (TPSA) is 69.6 Å². The average molecular weight is 595 g/mol. The van der Waals surface area contributed by atoms with Gasteiger partial charge in [-0.15, -0.1) is 6.58 Å². The number of nitrogens with one attached hydrogen (secondary N) is 1. The van der Waals surface area contributed by atoms with Gasteiger partial charge in [-0.1, -0.05) is 42.5 Å². The molecule has 0 saturated carbocycles. The second kappa shape index (κ2) is 11.5. The molecule has 4 rings (SSSR count). The third kappa shape index (κ3) is 6.42. The summed E-state index contributed by atoms with van der Waals surface area (Å²) in [6.45, 7) is 2.23. The van der Waals surface area contributed by atoms with Crippen LogP contribution in [0.25, 0.3) is 0 Å². The summed E-state index contributed by atoms with van der Waals surface area (Å²) in [6, 6.07) is 9.28. The van der Waals surface area contributed by atoms with Crippen LogP contribution in [0.2, 0.25) is 0 Å². The molecule has 1 heterocycles. The third-order valence-electron chi connectivity index (χ3n) is 7.04. The molecule has 222 valence electrons. The van der Waals surface area contributed by atoms with Crippen molar-refractivity contribution in [3.05, 3.63) is 113 Å². The van der Waals surface area contributed by atoms with Gasteiger partial charge in [0, 0.05) is 19.3 Å². The number of phenols is 1. The lowest BCUT2D eigenvalue weighted by Gasteiger charge is -2.39. The van der Waals surface area contributed by atoms with Crippen molar-refractivity contribution in [2.24, 2.45) is 0 Å². The van der Waals surface area contributed by atoms with Gasteiger partial charge in [0.25, 0.3) is 5.92 Å². The Hall–Kier alpha value is -4.35. The Labute approximate surface area is 236 Å². The number of Topliss-reactive ketones (excluding diaryl/α,β-unsaturated/α-hetero) is 1. The van der Waals surface area contributed by atoms with E-state index in [0.29, 0.717) is 16.5 Å². The van der Waals surface area contributed by atoms with Crippen molar-refractivity contribution in [2.45, 2.75) is 42.9 Å². The summed E-state index contributed by atoms with van der Waals surface area (Å²) in [4.78, 5) is 27.0. The lowest BCUT2D eigenvalue weighted by Crippen LogP contribution is -2.55. The van der Waals surface area contributed by atoms with Gasteiger partial charge in [-0.3, -0.25) is 4.79 Å². The van der Waals surface area contributed by atoms with E-state index in [-0.39, 0.29) is 24.5 Å². The number of benzene rings is 3. The van der Waals surface area contributed by atoms with Crippen LogP contribution in [-0.2, 0) is 22.9 Å². The lowest BCUT2D eigenvalue weighted by molar-refractivity contribution is -0.137. The van der Waals surface area contributed by atoms with Crippen LogP contribution in [0.1, 0.15) is 35.1 Å². The van der Waals surface area contributed by atoms with E-state index in [9.17, 15) is 45.4 Å². The number of alkyl halides is 5. The van der Waals surface area contributed by atoms with Crippen molar-refractivity contribution in [3.63, 3.8) is 0 Å². The van der Waals surface area contributed by atoms with E-state index < -0.39 is 77.0 Å². The SMILES string of the molecule is C=CCC(=O)[C@@H]1CC(F)(F)CN1C(=O)N[C@@](Cc1ccccc1)(c1cc(F)cc(C(F)(F)F)c1)c1ccc(F)c(O)c1. The highest BCUT2D eigenvalue weighted by atomic mass is 19.4. The summed E-state index contributed by atoms with van der Waals surface area (Å²) in [5.41, 5.74) is -3.86. The van der Waals surface area contributed by atoms with Crippen LogP contribution in [0, 0.1) is 11.6 Å². The zero-order valence-electron chi connectivity index (χ0n) is 21.9. The molecule has 1 saturated heterocycles. The Bertz CT molecular complexity index is 1490. The summed E-state index contributed by atoms with van der Waals surface area (Å²) in [5.74, 6) is -7.56. The number of aromatic hydroxyl groups is 1. The summed E-state index contributed by atoms with van der Waals surface area (Å²) < 4.78 is 99.4. The van der Waals surface area contributed by atoms with E-state index in [1.807, 2.05) is 0 Å². The molecule has 3 aromatic carbocycles. The van der Waals surface area contributed by atoms with Crippen molar-refractivity contribution in [1.29, 1.82) is 0 Å². The Balaban J connectivity index is 1.96. The molecular formula is C30H25F7N2O3. The maximum absolute atomic E-state index is 14.8. The van der Waals surface area contributed by atoms with Gasteiger partial charge in [-0.05, 0) is 47.0 Å². The highest BCUT2D eigenvalue weighted by Crippen LogP contribution is 2.41. The summed E-state index contributed by atoms with van der Waals surface area (Å²) in [5, 5.41) is 12.7. The Kier molecular flexibility index (Phi) is 8.38. The Morgan fingerprint density at radius 1 is 1.00 bits per heavy atom. The number of likely N-dealkylation sites (tertiary alicyclic amines) is 1. The minimum absolute atomic E-state index is 0.183. The van der Waals surface area contributed by atoms with Crippen molar-refractivity contribution >= 4 is 11.8 Å². The standard InChI is InChI=1S/C30H25F7N2O3/c1-2-6-25(40)24-16-28(33,34)17-39(24)27(42)38-29(15-18-7-4-3-5-8-18,19-9-10-23(32)26(41)14-19)20-11-21(30(35,36)37)13-22(31)12-20/h2-5,7-14,24,41H,1,6,15-17H2,(H,38,42)/t24-,29+/m0/s1. The largest absolute Gasteiger partial charge is 0.505 e. The minimum atomic E-state index is -5.02. The van der Waals surface area contributed by atoms with Crippen LogP contribution >= 0.6 is 0 Å². The number of carbonyl (C=O) groups excluding carboxylic acids is 2. The fourth-order valence-electron chi connectivity index (χ4n) is 5.09. The van der Waals surface area contributed by atoms with E-state index in [1.54, 1.807) is 30.3 Å². The summed E-state index contributed by atoms with van der Waals surface area (Å²) >= 11 is 0. The second-order valence-electron chi connectivity index (χ2n) is 10.1. The molecule has 1 aliphatic heterocycles. The molecule has 2 N–H and O–H groups in total. The molecule has 1 fully saturated rings. The molecule has 0 spiro atoms. The van der Waals surface area contributed by atoms with Gasteiger partial charge in [-0.25, -0.2) is 22.4 Å². The van der Waals surface area contributed by atoms with Crippen LogP contribution < -0.4 is 5.32 Å². The first-order valence-electron chi connectivity index (χ1n) is 12.7. The zero-order chi connectivity index (χ0) is 30.9. The maximum Gasteiger partial charge on any atom is 0.416 e. The normalized spacial score (nSPS) is 17.9. The quantitative estimate of drug-likeness (QED) is 0.224. The fourth-order valence-corrected chi connectivity index (χ4v) is 5.09. The monoisotopic (exact) mass is 594 g/mol. The number of nitrogens with zero attached hydrogens (tertiary/aromatic N) is 1. The van der Waals surface area contributed by atoms with Gasteiger partial charge < -0.3 is 15.3 Å². The van der Waals surface area contributed by atoms with Crippen LogP contribution in [0.5, 0.6) is 5.75 Å². The molecule has 0 bridgehead atoms. The smallest absolute Gasteiger partial charge is 0.416 e. The van der Waals surface area contributed by atoms with E-state index in [0.717, 1.165) is 24.3 Å². The fraction of sp³-hybridized carbons (Fsp3) is 0.267. The first-order valence-corrected chi connectivity index (χ1v) is 12.7. The predicted octanol–water partition coefficient (Wildman–Crippen LogP) is 6.74. The second-order valence-corrected chi connectivity index (χ2v) is 10.1. The summed E-state index contributed by atoms with van der Waals surface area (Å²) in [7, 11) is 0. The van der Waals surface area contributed by atoms with Crippen LogP contribution in [0.3, 0.4) is 0 Å². The van der Waals surface area contributed by atoms with Gasteiger partial charge in [0.1, 0.15) is 5.82 Å². The zero-order valence-corrected chi connectivity index (χ0v) is 21.9. The number of halogens is 7. The van der Waals surface area contributed by atoms with Crippen molar-refractivity contribution < 1.29 is 45.4 Å². The molecule has 42 heavy (non-hydrogen) atoms. The average Bonchev–Trinajstić information content (AvgIpc) is 3.25. The molecule has 12 heteroatoms. The highest BCUT2D eigenvalue weighted by molar-refractivity contribution is 5.90. The van der Waals surface area contributed by atoms with Crippen LogP contribution in [0.15, 0.2) is 79.4 Å². The Morgan fingerprint density at radius 2 is 1.67 bits per heavy atom. The first-order chi connectivity index (χ1) is 19.6. The number of hydrogen-bond donors (Lipinski definition) is 2. The van der Waals surface area contributed by atoms with Gasteiger partial charge in [0.2, 0.25) is 0 Å². The van der Waals surface area contributed by atoms with Crippen molar-refractivity contribution in [3.8, 4) is 5.75 Å². The number of phenolic OH excluding ortho intramolecular Hbond substituents is 1. The molecule has 2 amide bonds. The molecular weight excluding hydrogens is 569 g/mol. The molecule has 0 radical (unpaired) electrons. The van der Waals surface area contributed by atoms with Gasteiger partial charge >= 0.3 is 12.2 Å². The molecule has 0 aromatic heterocycles. The van der Waals surface area contributed by atoms with E-state index in [4.69, 9.17) is 0 Å². The van der Waals surface area contributed by atoms with E-state index in [1.165, 1.54) is 6.08 Å². The Morgan fingerprint density at radius 3 is 2.29 bits per heavy atom. The third-order valence-corrected chi connectivity index (χ3v) is 7.04. The molecule has 5 nitrogen and oxygen atoms in total. The van der Waals surface area contributed by atoms with Gasteiger partial charge in [0.05, 0.1) is 23.7 Å². The van der Waals surface area contributed by atoms with Crippen molar-refractivity contribution in [1.82, 2.24) is 10.2 Å². The minimum Gasteiger partial charge on any atom is -0.505 e. The molecule has 0 unspecified atom stereocenters. The number of urea groups is 1. The van der Waals surface area contributed by atoms with Crippen LogP contribution in [0.4, 0.5) is 35.5 Å². The molecule has 0 aliphatic carbocycles.